The maximum atomic E-state index is 12.1. The predicted octanol–water partition coefficient (Wildman–Crippen LogP) is 9.63. The van der Waals surface area contributed by atoms with Crippen molar-refractivity contribution in [2.75, 3.05) is 44.3 Å². The second-order valence-electron chi connectivity index (χ2n) is 21.4. The standard InChI is InChI=1S/C48H74N4O3S/c1-9-47(33-55-41-32-49-24-25-50-41)19-12-35(13-20-47)37-15-17-44(6)39(43(37,4)5)16-18-46(8)40(44)11-10-38-42-36(34(2)3)14-21-48(42,23-22-45(38,46)7)51-26-27-52-28-30-56(53,54)31-29-52/h12,15,24-25,32,36,38-40,42,51H,2,9-11,13-14,16-23,26-31,33H2,1,3-8H3/t36-,38+,39-,40+,42+,44-,45+,46+,47+,48-/m0/s1. The van der Waals surface area contributed by atoms with Gasteiger partial charge >= 0.3 is 0 Å². The van der Waals surface area contributed by atoms with Crippen LogP contribution in [0.4, 0.5) is 0 Å². The van der Waals surface area contributed by atoms with E-state index < -0.39 is 9.84 Å². The number of nitrogens with one attached hydrogen (secondary N) is 1. The summed E-state index contributed by atoms with van der Waals surface area (Å²) < 4.78 is 30.4. The van der Waals surface area contributed by atoms with Crippen molar-refractivity contribution in [3.63, 3.8) is 0 Å². The van der Waals surface area contributed by atoms with E-state index in [9.17, 15) is 8.42 Å². The van der Waals surface area contributed by atoms with Gasteiger partial charge < -0.3 is 15.0 Å². The van der Waals surface area contributed by atoms with Gasteiger partial charge in [-0.05, 0) is 153 Å². The molecule has 7 nitrogen and oxygen atoms in total. The Hall–Kier alpha value is -2.03. The number of rotatable bonds is 10. The van der Waals surface area contributed by atoms with Crippen LogP contribution in [-0.2, 0) is 9.84 Å². The van der Waals surface area contributed by atoms with Gasteiger partial charge in [-0.15, -0.1) is 0 Å². The predicted molar refractivity (Wildman–Crippen MR) is 228 cm³/mol. The highest BCUT2D eigenvalue weighted by molar-refractivity contribution is 7.91. The summed E-state index contributed by atoms with van der Waals surface area (Å²) in [7, 11) is -2.85. The van der Waals surface area contributed by atoms with Gasteiger partial charge in [-0.1, -0.05) is 65.8 Å². The summed E-state index contributed by atoms with van der Waals surface area (Å²) in [5, 5.41) is 4.25. The van der Waals surface area contributed by atoms with Crippen molar-refractivity contribution in [1.82, 2.24) is 20.2 Å². The first-order chi connectivity index (χ1) is 26.5. The fourth-order valence-electron chi connectivity index (χ4n) is 15.4. The highest BCUT2D eigenvalue weighted by atomic mass is 32.2. The lowest BCUT2D eigenvalue weighted by Crippen LogP contribution is -2.68. The summed E-state index contributed by atoms with van der Waals surface area (Å²) in [6.45, 7) is 26.7. The second-order valence-corrected chi connectivity index (χ2v) is 23.7. The summed E-state index contributed by atoms with van der Waals surface area (Å²) in [4.78, 5) is 10.9. The molecular formula is C48H74N4O3S. The molecule has 0 spiro atoms. The zero-order valence-corrected chi connectivity index (χ0v) is 36.9. The maximum absolute atomic E-state index is 12.1. The summed E-state index contributed by atoms with van der Waals surface area (Å²) in [5.41, 5.74) is 6.08. The number of fused-ring (bicyclic) bond motifs is 7. The largest absolute Gasteiger partial charge is 0.476 e. The minimum atomic E-state index is -2.85. The second kappa shape index (κ2) is 14.6. The van der Waals surface area contributed by atoms with Gasteiger partial charge in [0.1, 0.15) is 0 Å². The van der Waals surface area contributed by atoms with E-state index in [1.54, 1.807) is 29.7 Å². The van der Waals surface area contributed by atoms with Crippen LogP contribution in [0.5, 0.6) is 5.88 Å². The molecule has 0 unspecified atom stereocenters. The SMILES string of the molecule is C=C(C)[C@@H]1CC[C@]2(NCCN3CCS(=O)(=O)CC3)CC[C@]3(C)[C@H](CC[C@@H]4[C@@]5(C)CC=C(C6=CC[C@@](CC)(COc7cnccn7)CC6)C(C)(C)[C@@H]5CC[C@]43C)[C@@H]12. The van der Waals surface area contributed by atoms with Gasteiger partial charge in [-0.25, -0.2) is 13.4 Å². The third-order valence-corrected chi connectivity index (χ3v) is 20.5. The Kier molecular flexibility index (Phi) is 10.6. The average molecular weight is 787 g/mol. The first-order valence-corrected chi connectivity index (χ1v) is 24.5. The van der Waals surface area contributed by atoms with Crippen LogP contribution in [0.2, 0.25) is 0 Å². The average Bonchev–Trinajstić information content (AvgIpc) is 3.56. The van der Waals surface area contributed by atoms with Crippen LogP contribution in [0.1, 0.15) is 132 Å². The molecule has 8 rings (SSSR count). The topological polar surface area (TPSA) is 84.4 Å². The molecule has 0 bridgehead atoms. The molecule has 0 amide bonds. The van der Waals surface area contributed by atoms with Crippen LogP contribution < -0.4 is 10.1 Å². The Morgan fingerprint density at radius 3 is 2.39 bits per heavy atom. The lowest BCUT2D eigenvalue weighted by Gasteiger charge is -2.72. The van der Waals surface area contributed by atoms with Crippen molar-refractivity contribution >= 4 is 9.84 Å². The van der Waals surface area contributed by atoms with Crippen molar-refractivity contribution in [1.29, 1.82) is 0 Å². The van der Waals surface area contributed by atoms with Crippen LogP contribution in [-0.4, -0.2) is 73.1 Å². The molecule has 6 aliphatic carbocycles. The molecule has 1 saturated heterocycles. The van der Waals surface area contributed by atoms with Gasteiger partial charge in [0.25, 0.3) is 0 Å². The van der Waals surface area contributed by atoms with Gasteiger partial charge in [0.2, 0.25) is 5.88 Å². The lowest BCUT2D eigenvalue weighted by atomic mass is 9.33. The highest BCUT2D eigenvalue weighted by Gasteiger charge is 2.70. The quantitative estimate of drug-likeness (QED) is 0.237. The molecule has 8 heteroatoms. The Bertz CT molecular complexity index is 1810. The fourth-order valence-corrected chi connectivity index (χ4v) is 16.6. The molecule has 56 heavy (non-hydrogen) atoms. The van der Waals surface area contributed by atoms with E-state index in [4.69, 9.17) is 4.74 Å². The van der Waals surface area contributed by atoms with E-state index in [0.717, 1.165) is 44.7 Å². The molecule has 1 aliphatic heterocycles. The van der Waals surface area contributed by atoms with Crippen LogP contribution in [0.25, 0.3) is 0 Å². The van der Waals surface area contributed by atoms with E-state index in [1.165, 1.54) is 63.4 Å². The maximum Gasteiger partial charge on any atom is 0.232 e. The first-order valence-electron chi connectivity index (χ1n) is 22.6. The zero-order chi connectivity index (χ0) is 39.8. The number of ether oxygens (including phenoxy) is 1. The van der Waals surface area contributed by atoms with Crippen molar-refractivity contribution in [3.8, 4) is 5.88 Å². The Morgan fingerprint density at radius 1 is 0.929 bits per heavy atom. The van der Waals surface area contributed by atoms with E-state index in [2.05, 4.69) is 87.4 Å². The van der Waals surface area contributed by atoms with E-state index in [0.29, 0.717) is 77.0 Å². The fraction of sp³-hybridized carbons (Fsp3) is 0.792. The molecular weight excluding hydrogens is 713 g/mol. The molecule has 4 saturated carbocycles. The minimum absolute atomic E-state index is 0.154. The third kappa shape index (κ3) is 6.61. The van der Waals surface area contributed by atoms with E-state index >= 15 is 0 Å². The number of hydrogen-bond donors (Lipinski definition) is 1. The van der Waals surface area contributed by atoms with Crippen LogP contribution >= 0.6 is 0 Å². The van der Waals surface area contributed by atoms with Gasteiger partial charge in [0.15, 0.2) is 9.84 Å². The van der Waals surface area contributed by atoms with Crippen molar-refractivity contribution in [3.05, 3.63) is 54.0 Å². The molecule has 0 radical (unpaired) electrons. The zero-order valence-electron chi connectivity index (χ0n) is 36.1. The molecule has 7 aliphatic rings. The molecule has 2 heterocycles. The molecule has 1 aromatic heterocycles. The van der Waals surface area contributed by atoms with Gasteiger partial charge in [-0.3, -0.25) is 4.98 Å². The van der Waals surface area contributed by atoms with Crippen molar-refractivity contribution < 1.29 is 13.2 Å². The normalized spacial score (nSPS) is 42.9. The van der Waals surface area contributed by atoms with E-state index in [1.807, 2.05) is 0 Å². The molecule has 1 N–H and O–H groups in total. The Balaban J connectivity index is 1.00. The Labute approximate surface area is 340 Å². The monoisotopic (exact) mass is 787 g/mol. The third-order valence-electron chi connectivity index (χ3n) is 18.9. The Morgan fingerprint density at radius 2 is 1.71 bits per heavy atom. The molecule has 1 aromatic rings. The van der Waals surface area contributed by atoms with E-state index in [-0.39, 0.29) is 16.4 Å². The smallest absolute Gasteiger partial charge is 0.232 e. The number of nitrogens with zero attached hydrogens (tertiary/aromatic N) is 3. The highest BCUT2D eigenvalue weighted by Crippen LogP contribution is 2.76. The molecule has 310 valence electrons. The van der Waals surface area contributed by atoms with Gasteiger partial charge in [0.05, 0.1) is 24.3 Å². The summed E-state index contributed by atoms with van der Waals surface area (Å²) >= 11 is 0. The van der Waals surface area contributed by atoms with Crippen LogP contribution in [0, 0.1) is 56.7 Å². The molecule has 5 fully saturated rings. The van der Waals surface area contributed by atoms with Gasteiger partial charge in [0, 0.05) is 49.5 Å². The minimum Gasteiger partial charge on any atom is -0.476 e. The summed E-state index contributed by atoms with van der Waals surface area (Å²) in [6, 6.07) is 0. The lowest BCUT2D eigenvalue weighted by molar-refractivity contribution is -0.221. The summed E-state index contributed by atoms with van der Waals surface area (Å²) in [5.74, 6) is 4.62. The first kappa shape index (κ1) is 40.7. The van der Waals surface area contributed by atoms with Crippen molar-refractivity contribution in [2.24, 2.45) is 56.7 Å². The number of aromatic nitrogens is 2. The van der Waals surface area contributed by atoms with Gasteiger partial charge in [-0.2, -0.15) is 0 Å². The van der Waals surface area contributed by atoms with Crippen LogP contribution in [0.3, 0.4) is 0 Å². The van der Waals surface area contributed by atoms with Crippen LogP contribution in [0.15, 0.2) is 54.0 Å². The summed E-state index contributed by atoms with van der Waals surface area (Å²) in [6.07, 6.45) is 26.6. The number of hydrogen-bond acceptors (Lipinski definition) is 7. The van der Waals surface area contributed by atoms with Crippen molar-refractivity contribution in [2.45, 2.75) is 137 Å². The number of allylic oxidation sites excluding steroid dienone is 5. The molecule has 10 atom stereocenters. The molecule has 0 aromatic carbocycles. The number of sulfone groups is 1.